The minimum atomic E-state index is -0.353. The fraction of sp³-hybridized carbons (Fsp3) is 0.500. The number of nitrogens with two attached hydrogens (primary N) is 1. The maximum atomic E-state index is 9.43. The molecule has 0 fully saturated rings. The molecule has 0 saturated heterocycles. The average Bonchev–Trinajstić information content (AvgIpc) is 2.20. The van der Waals surface area contributed by atoms with Crippen molar-refractivity contribution in [1.82, 2.24) is 0 Å². The third-order valence-electron chi connectivity index (χ3n) is 2.47. The van der Waals surface area contributed by atoms with E-state index in [9.17, 15) is 5.11 Å². The van der Waals surface area contributed by atoms with Crippen LogP contribution in [0.2, 0.25) is 5.02 Å². The number of rotatable bonds is 4. The maximum absolute atomic E-state index is 9.43. The first kappa shape index (κ1) is 13.8. The van der Waals surface area contributed by atoms with Gasteiger partial charge in [0.1, 0.15) is 0 Å². The van der Waals surface area contributed by atoms with Crippen molar-refractivity contribution in [2.24, 2.45) is 5.73 Å². The molecule has 2 nitrogen and oxygen atoms in total. The van der Waals surface area contributed by atoms with E-state index in [4.69, 9.17) is 17.3 Å². The van der Waals surface area contributed by atoms with Crippen LogP contribution in [0.25, 0.3) is 0 Å². The van der Waals surface area contributed by atoms with E-state index in [0.29, 0.717) is 5.02 Å². The van der Waals surface area contributed by atoms with Crippen LogP contribution in [0.5, 0.6) is 0 Å². The number of thioether (sulfide) groups is 1. The summed E-state index contributed by atoms with van der Waals surface area (Å²) in [4.78, 5) is 0.986. The fourth-order valence-electron chi connectivity index (χ4n) is 1.19. The van der Waals surface area contributed by atoms with E-state index < -0.39 is 0 Å². The number of hydrogen-bond acceptors (Lipinski definition) is 3. The Morgan fingerprint density at radius 3 is 2.38 bits per heavy atom. The standard InChI is InChI=1S/C12H18ClNOS/c1-7(14)10-4-5-12(11(13)6-10)16-9(3)8(2)15/h4-9,15H,14H2,1-3H3/t7-,8?,9?/m1/s1. The molecule has 0 aliphatic carbocycles. The number of halogens is 1. The van der Waals surface area contributed by atoms with Crippen LogP contribution in [0.1, 0.15) is 32.4 Å². The lowest BCUT2D eigenvalue weighted by atomic mass is 10.1. The second-order valence-electron chi connectivity index (χ2n) is 4.04. The lowest BCUT2D eigenvalue weighted by Gasteiger charge is -2.16. The fourth-order valence-corrected chi connectivity index (χ4v) is 2.43. The van der Waals surface area contributed by atoms with Gasteiger partial charge in [0, 0.05) is 16.2 Å². The Balaban J connectivity index is 2.83. The number of hydrogen-bond donors (Lipinski definition) is 2. The van der Waals surface area contributed by atoms with Gasteiger partial charge in [0.15, 0.2) is 0 Å². The van der Waals surface area contributed by atoms with Crippen molar-refractivity contribution in [3.8, 4) is 0 Å². The summed E-state index contributed by atoms with van der Waals surface area (Å²) in [5, 5.41) is 10.3. The third kappa shape index (κ3) is 3.67. The molecule has 4 heteroatoms. The minimum absolute atomic E-state index is 0.00858. The molecule has 0 bridgehead atoms. The van der Waals surface area contributed by atoms with Crippen LogP contribution in [0.3, 0.4) is 0 Å². The van der Waals surface area contributed by atoms with Crippen LogP contribution in [0.4, 0.5) is 0 Å². The van der Waals surface area contributed by atoms with Crippen LogP contribution in [0, 0.1) is 0 Å². The summed E-state index contributed by atoms with van der Waals surface area (Å²) >= 11 is 7.74. The van der Waals surface area contributed by atoms with Gasteiger partial charge in [0.05, 0.1) is 11.1 Å². The second-order valence-corrected chi connectivity index (χ2v) is 5.87. The third-order valence-corrected chi connectivity index (χ3v) is 4.27. The van der Waals surface area contributed by atoms with E-state index in [0.717, 1.165) is 10.5 Å². The van der Waals surface area contributed by atoms with Crippen molar-refractivity contribution in [2.75, 3.05) is 0 Å². The molecule has 0 heterocycles. The highest BCUT2D eigenvalue weighted by Crippen LogP contribution is 2.33. The van der Waals surface area contributed by atoms with Gasteiger partial charge in [0.25, 0.3) is 0 Å². The Labute approximate surface area is 106 Å². The van der Waals surface area contributed by atoms with Crippen LogP contribution < -0.4 is 5.73 Å². The van der Waals surface area contributed by atoms with E-state index in [-0.39, 0.29) is 17.4 Å². The van der Waals surface area contributed by atoms with Crippen LogP contribution in [0.15, 0.2) is 23.1 Å². The van der Waals surface area contributed by atoms with Crippen LogP contribution >= 0.6 is 23.4 Å². The molecule has 0 amide bonds. The van der Waals surface area contributed by atoms with Gasteiger partial charge in [-0.05, 0) is 31.5 Å². The SMILES string of the molecule is CC(O)C(C)Sc1ccc([C@@H](C)N)cc1Cl. The molecule has 1 aromatic rings. The maximum Gasteiger partial charge on any atom is 0.0631 e. The summed E-state index contributed by atoms with van der Waals surface area (Å²) in [6.45, 7) is 5.68. The molecule has 16 heavy (non-hydrogen) atoms. The van der Waals surface area contributed by atoms with E-state index in [1.807, 2.05) is 32.0 Å². The van der Waals surface area contributed by atoms with Gasteiger partial charge in [0.2, 0.25) is 0 Å². The van der Waals surface area contributed by atoms with Crippen LogP contribution in [-0.4, -0.2) is 16.5 Å². The Morgan fingerprint density at radius 2 is 1.94 bits per heavy atom. The predicted molar refractivity (Wildman–Crippen MR) is 71.1 cm³/mol. The number of aliphatic hydroxyl groups is 1. The lowest BCUT2D eigenvalue weighted by molar-refractivity contribution is 0.196. The smallest absolute Gasteiger partial charge is 0.0631 e. The molecule has 0 radical (unpaired) electrons. The molecule has 0 spiro atoms. The molecular formula is C12H18ClNOS. The molecule has 90 valence electrons. The van der Waals surface area contributed by atoms with Gasteiger partial charge in [-0.2, -0.15) is 0 Å². The molecule has 3 atom stereocenters. The Kier molecular flexibility index (Phi) is 5.12. The average molecular weight is 260 g/mol. The van der Waals surface area contributed by atoms with Crippen molar-refractivity contribution >= 4 is 23.4 Å². The molecule has 0 aliphatic heterocycles. The largest absolute Gasteiger partial charge is 0.392 e. The van der Waals surface area contributed by atoms with Crippen molar-refractivity contribution in [3.05, 3.63) is 28.8 Å². The molecule has 0 saturated carbocycles. The Hall–Kier alpha value is -0.220. The first-order valence-corrected chi connectivity index (χ1v) is 6.57. The monoisotopic (exact) mass is 259 g/mol. The van der Waals surface area contributed by atoms with Gasteiger partial charge < -0.3 is 10.8 Å². The Bertz CT molecular complexity index is 355. The van der Waals surface area contributed by atoms with Gasteiger partial charge >= 0.3 is 0 Å². The molecule has 2 unspecified atom stereocenters. The van der Waals surface area contributed by atoms with Crippen molar-refractivity contribution in [2.45, 2.75) is 43.1 Å². The van der Waals surface area contributed by atoms with Gasteiger partial charge in [-0.1, -0.05) is 24.6 Å². The molecule has 0 aliphatic rings. The first-order valence-electron chi connectivity index (χ1n) is 5.31. The van der Waals surface area contributed by atoms with Crippen molar-refractivity contribution in [3.63, 3.8) is 0 Å². The number of benzene rings is 1. The summed E-state index contributed by atoms with van der Waals surface area (Å²) in [5.41, 5.74) is 6.80. The van der Waals surface area contributed by atoms with E-state index in [1.165, 1.54) is 0 Å². The summed E-state index contributed by atoms with van der Waals surface area (Å²) in [6.07, 6.45) is -0.353. The summed E-state index contributed by atoms with van der Waals surface area (Å²) in [6, 6.07) is 5.83. The highest BCUT2D eigenvalue weighted by Gasteiger charge is 2.13. The quantitative estimate of drug-likeness (QED) is 0.817. The Morgan fingerprint density at radius 1 is 1.31 bits per heavy atom. The first-order chi connectivity index (χ1) is 7.41. The molecular weight excluding hydrogens is 242 g/mol. The van der Waals surface area contributed by atoms with Crippen LogP contribution in [-0.2, 0) is 0 Å². The van der Waals surface area contributed by atoms with E-state index in [2.05, 4.69) is 0 Å². The highest BCUT2D eigenvalue weighted by molar-refractivity contribution is 8.00. The highest BCUT2D eigenvalue weighted by atomic mass is 35.5. The zero-order valence-corrected chi connectivity index (χ0v) is 11.3. The van der Waals surface area contributed by atoms with E-state index in [1.54, 1.807) is 18.7 Å². The van der Waals surface area contributed by atoms with E-state index >= 15 is 0 Å². The predicted octanol–water partition coefficient (Wildman–Crippen LogP) is 3.22. The molecule has 1 rings (SSSR count). The van der Waals surface area contributed by atoms with Gasteiger partial charge in [-0.25, -0.2) is 0 Å². The summed E-state index contributed by atoms with van der Waals surface area (Å²) in [7, 11) is 0. The molecule has 1 aromatic carbocycles. The zero-order valence-electron chi connectivity index (χ0n) is 9.77. The zero-order chi connectivity index (χ0) is 12.3. The second kappa shape index (κ2) is 5.92. The molecule has 0 aromatic heterocycles. The number of aliphatic hydroxyl groups excluding tert-OH is 1. The van der Waals surface area contributed by atoms with Crippen molar-refractivity contribution < 1.29 is 5.11 Å². The minimum Gasteiger partial charge on any atom is -0.392 e. The van der Waals surface area contributed by atoms with Crippen molar-refractivity contribution in [1.29, 1.82) is 0 Å². The normalized spacial score (nSPS) is 16.9. The summed E-state index contributed by atoms with van der Waals surface area (Å²) in [5.74, 6) is 0. The lowest BCUT2D eigenvalue weighted by Crippen LogP contribution is -2.15. The van der Waals surface area contributed by atoms with Gasteiger partial charge in [-0.3, -0.25) is 0 Å². The topological polar surface area (TPSA) is 46.2 Å². The summed E-state index contributed by atoms with van der Waals surface area (Å²) < 4.78 is 0. The molecule has 3 N–H and O–H groups in total. The van der Waals surface area contributed by atoms with Gasteiger partial charge in [-0.15, -0.1) is 11.8 Å².